The first kappa shape index (κ1) is 21.3. The predicted molar refractivity (Wildman–Crippen MR) is 115 cm³/mol. The lowest BCUT2D eigenvalue weighted by Gasteiger charge is -2.16. The largest absolute Gasteiger partial charge is 0.497 e. The summed E-state index contributed by atoms with van der Waals surface area (Å²) in [5, 5.41) is 7.56. The molecule has 3 amide bonds. The summed E-state index contributed by atoms with van der Waals surface area (Å²) >= 11 is 10.9. The van der Waals surface area contributed by atoms with E-state index in [-0.39, 0.29) is 34.0 Å². The van der Waals surface area contributed by atoms with Crippen molar-refractivity contribution in [3.63, 3.8) is 0 Å². The second kappa shape index (κ2) is 9.38. The highest BCUT2D eigenvalue weighted by Crippen LogP contribution is 2.27. The zero-order chi connectivity index (χ0) is 21.7. The van der Waals surface area contributed by atoms with Crippen molar-refractivity contribution in [3.8, 4) is 11.5 Å². The molecule has 0 radical (unpaired) electrons. The van der Waals surface area contributed by atoms with Gasteiger partial charge in [-0.05, 0) is 60.3 Å². The van der Waals surface area contributed by atoms with Gasteiger partial charge in [-0.3, -0.25) is 25.0 Å². The van der Waals surface area contributed by atoms with Crippen LogP contribution in [-0.2, 0) is 14.4 Å². The third-order valence-electron chi connectivity index (χ3n) is 3.94. The van der Waals surface area contributed by atoms with Gasteiger partial charge in [-0.25, -0.2) is 0 Å². The van der Waals surface area contributed by atoms with E-state index in [1.54, 1.807) is 43.5 Å². The van der Waals surface area contributed by atoms with E-state index >= 15 is 0 Å². The molecule has 1 saturated heterocycles. The highest BCUT2D eigenvalue weighted by Gasteiger charge is 2.25. The molecule has 3 rings (SSSR count). The monoisotopic (exact) mass is 445 g/mol. The third-order valence-corrected chi connectivity index (χ3v) is 4.44. The topological polar surface area (TPSA) is 106 Å². The molecule has 2 aromatic rings. The number of halogens is 1. The lowest BCUT2D eigenvalue weighted by Crippen LogP contribution is -2.51. The molecule has 1 aliphatic heterocycles. The van der Waals surface area contributed by atoms with E-state index in [2.05, 4.69) is 16.0 Å². The molecule has 3 N–H and O–H groups in total. The normalized spacial score (nSPS) is 13.3. The van der Waals surface area contributed by atoms with Crippen molar-refractivity contribution in [3.05, 3.63) is 58.6 Å². The van der Waals surface area contributed by atoms with Crippen molar-refractivity contribution in [1.82, 2.24) is 10.6 Å². The summed E-state index contributed by atoms with van der Waals surface area (Å²) in [5.74, 6) is -0.612. The summed E-state index contributed by atoms with van der Waals surface area (Å²) in [6, 6.07) is 11.5. The molecule has 8 nitrogen and oxygen atoms in total. The number of hydrogen-bond acceptors (Lipinski definition) is 6. The van der Waals surface area contributed by atoms with Gasteiger partial charge in [0, 0.05) is 5.69 Å². The van der Waals surface area contributed by atoms with Crippen molar-refractivity contribution in [2.24, 2.45) is 0 Å². The lowest BCUT2D eigenvalue weighted by molar-refractivity contribution is -0.123. The van der Waals surface area contributed by atoms with Gasteiger partial charge in [-0.15, -0.1) is 0 Å². The van der Waals surface area contributed by atoms with Gasteiger partial charge < -0.3 is 14.8 Å². The van der Waals surface area contributed by atoms with Crippen LogP contribution in [0.15, 0.2) is 48.0 Å². The minimum Gasteiger partial charge on any atom is -0.497 e. The number of methoxy groups -OCH3 is 1. The maximum Gasteiger partial charge on any atom is 0.263 e. The second-order valence-corrected chi connectivity index (χ2v) is 6.87. The smallest absolute Gasteiger partial charge is 0.263 e. The fourth-order valence-corrected chi connectivity index (χ4v) is 2.94. The van der Waals surface area contributed by atoms with Crippen LogP contribution in [-0.4, -0.2) is 36.6 Å². The summed E-state index contributed by atoms with van der Waals surface area (Å²) in [7, 11) is 1.56. The first-order valence-corrected chi connectivity index (χ1v) is 9.39. The Hall–Kier alpha value is -3.43. The zero-order valence-corrected chi connectivity index (χ0v) is 17.2. The fraction of sp³-hybridized carbons (Fsp3) is 0.100. The highest BCUT2D eigenvalue weighted by molar-refractivity contribution is 7.80. The highest BCUT2D eigenvalue weighted by atomic mass is 35.5. The van der Waals surface area contributed by atoms with Gasteiger partial charge >= 0.3 is 0 Å². The standard InChI is InChI=1S/C20H16ClN3O5S/c1-28-13-5-3-12(4-6-13)22-17(25)10-29-16-7-2-11(9-15(16)21)8-14-18(26)23-20(30)24-19(14)27/h2-9H,10H2,1H3,(H,22,25)(H2,23,24,26,27,30). The van der Waals surface area contributed by atoms with E-state index in [9.17, 15) is 14.4 Å². The Morgan fingerprint density at radius 3 is 2.40 bits per heavy atom. The van der Waals surface area contributed by atoms with Crippen molar-refractivity contribution < 1.29 is 23.9 Å². The molecular weight excluding hydrogens is 430 g/mol. The Labute approximate surface area is 182 Å². The first-order valence-electron chi connectivity index (χ1n) is 8.60. The molecular formula is C20H16ClN3O5S. The van der Waals surface area contributed by atoms with Gasteiger partial charge in [0.2, 0.25) is 0 Å². The van der Waals surface area contributed by atoms with Crippen LogP contribution < -0.4 is 25.4 Å². The van der Waals surface area contributed by atoms with Gasteiger partial charge in [-0.2, -0.15) is 0 Å². The van der Waals surface area contributed by atoms with Crippen LogP contribution in [0.25, 0.3) is 6.08 Å². The molecule has 30 heavy (non-hydrogen) atoms. The lowest BCUT2D eigenvalue weighted by atomic mass is 10.1. The number of anilines is 1. The number of nitrogens with one attached hydrogen (secondary N) is 3. The molecule has 154 valence electrons. The van der Waals surface area contributed by atoms with Gasteiger partial charge in [0.1, 0.15) is 17.1 Å². The number of carbonyl (C=O) groups is 3. The number of hydrogen-bond donors (Lipinski definition) is 3. The molecule has 0 unspecified atom stereocenters. The number of rotatable bonds is 6. The SMILES string of the molecule is COc1ccc(NC(=O)COc2ccc(C=C3C(=O)NC(=S)NC3=O)cc2Cl)cc1. The number of thiocarbonyl (C=S) groups is 1. The van der Waals surface area contributed by atoms with Crippen molar-refractivity contribution in [1.29, 1.82) is 0 Å². The Morgan fingerprint density at radius 1 is 1.13 bits per heavy atom. The number of ether oxygens (including phenoxy) is 2. The van der Waals surface area contributed by atoms with Crippen LogP contribution in [0.1, 0.15) is 5.56 Å². The van der Waals surface area contributed by atoms with Gasteiger partial charge in [-0.1, -0.05) is 17.7 Å². The first-order chi connectivity index (χ1) is 14.4. The minimum absolute atomic E-state index is 0.0446. The molecule has 0 aliphatic carbocycles. The molecule has 0 atom stereocenters. The molecule has 0 saturated carbocycles. The van der Waals surface area contributed by atoms with Crippen molar-refractivity contribution >= 4 is 58.4 Å². The second-order valence-electron chi connectivity index (χ2n) is 6.05. The van der Waals surface area contributed by atoms with Crippen molar-refractivity contribution in [2.75, 3.05) is 19.0 Å². The number of carbonyl (C=O) groups excluding carboxylic acids is 3. The summed E-state index contributed by atoms with van der Waals surface area (Å²) in [4.78, 5) is 35.9. The predicted octanol–water partition coefficient (Wildman–Crippen LogP) is 2.28. The van der Waals surface area contributed by atoms with E-state index < -0.39 is 11.8 Å². The summed E-state index contributed by atoms with van der Waals surface area (Å²) < 4.78 is 10.5. The summed E-state index contributed by atoms with van der Waals surface area (Å²) in [5.41, 5.74) is 0.997. The van der Waals surface area contributed by atoms with Crippen LogP contribution in [0.3, 0.4) is 0 Å². The number of amides is 3. The van der Waals surface area contributed by atoms with Crippen LogP contribution in [0.2, 0.25) is 5.02 Å². The number of benzene rings is 2. The van der Waals surface area contributed by atoms with Gasteiger partial charge in [0.25, 0.3) is 17.7 Å². The zero-order valence-electron chi connectivity index (χ0n) is 15.7. The molecule has 1 fully saturated rings. The quantitative estimate of drug-likeness (QED) is 0.358. The Balaban J connectivity index is 1.62. The van der Waals surface area contributed by atoms with Crippen molar-refractivity contribution in [2.45, 2.75) is 0 Å². The van der Waals surface area contributed by atoms with Gasteiger partial charge in [0.05, 0.1) is 12.1 Å². The molecule has 2 aromatic carbocycles. The Morgan fingerprint density at radius 2 is 1.80 bits per heavy atom. The van der Waals surface area contributed by atoms with Crippen LogP contribution in [0.5, 0.6) is 11.5 Å². The molecule has 1 heterocycles. The fourth-order valence-electron chi connectivity index (χ4n) is 2.51. The third kappa shape index (κ3) is 5.34. The van der Waals surface area contributed by atoms with E-state index in [0.29, 0.717) is 17.0 Å². The molecule has 10 heteroatoms. The Bertz CT molecular complexity index is 1030. The average molecular weight is 446 g/mol. The Kier molecular flexibility index (Phi) is 6.65. The van der Waals surface area contributed by atoms with Crippen LogP contribution >= 0.6 is 23.8 Å². The van der Waals surface area contributed by atoms with E-state index in [0.717, 1.165) is 0 Å². The minimum atomic E-state index is -0.601. The van der Waals surface area contributed by atoms with Crippen LogP contribution in [0, 0.1) is 0 Å². The maximum atomic E-state index is 12.1. The van der Waals surface area contributed by atoms with Crippen LogP contribution in [0.4, 0.5) is 5.69 Å². The van der Waals surface area contributed by atoms with E-state index in [1.807, 2.05) is 0 Å². The summed E-state index contributed by atoms with van der Waals surface area (Å²) in [6.07, 6.45) is 1.37. The van der Waals surface area contributed by atoms with E-state index in [1.165, 1.54) is 12.1 Å². The molecule has 0 aromatic heterocycles. The van der Waals surface area contributed by atoms with Gasteiger partial charge in [0.15, 0.2) is 11.7 Å². The molecule has 0 bridgehead atoms. The molecule has 0 spiro atoms. The van der Waals surface area contributed by atoms with E-state index in [4.69, 9.17) is 33.3 Å². The maximum absolute atomic E-state index is 12.1. The average Bonchev–Trinajstić information content (AvgIpc) is 2.70. The summed E-state index contributed by atoms with van der Waals surface area (Å²) in [6.45, 7) is -0.256. The molecule has 1 aliphatic rings.